The number of alkyl halides is 5. The van der Waals surface area contributed by atoms with Gasteiger partial charge in [-0.15, -0.1) is 0 Å². The fraction of sp³-hybridized carbons (Fsp3) is 0.200. The highest BCUT2D eigenvalue weighted by molar-refractivity contribution is 7.22. The largest absolute Gasteiger partial charge is 0.463 e. The number of hydrogen-bond acceptors (Lipinski definition) is 4. The number of rotatable bonds is 2. The molecule has 0 spiro atoms. The number of hydrogen-bond donors (Lipinski definition) is 2. The summed E-state index contributed by atoms with van der Waals surface area (Å²) in [5.74, 6) is -7.96. The molecule has 1 aromatic heterocycles. The van der Waals surface area contributed by atoms with Crippen LogP contribution in [0.25, 0.3) is 10.2 Å². The number of nitrogens with zero attached hydrogens (tertiary/aromatic N) is 1. The molecule has 0 atom stereocenters. The van der Waals surface area contributed by atoms with Gasteiger partial charge < -0.3 is 5.73 Å². The summed E-state index contributed by atoms with van der Waals surface area (Å²) in [6.07, 6.45) is -5.96. The third-order valence-electron chi connectivity index (χ3n) is 2.27. The first-order chi connectivity index (χ1) is 9.11. The van der Waals surface area contributed by atoms with Crippen LogP contribution in [-0.4, -0.2) is 23.0 Å². The Morgan fingerprint density at radius 1 is 1.25 bits per heavy atom. The standard InChI is InChI=1S/C10H6F5N3OS/c11-9(12,10(13,14)15)7(19)18-8-17-5-2-1-4(16)3-6(5)20-8/h1-3H,16H2,(H,17,18,19). The fourth-order valence-corrected chi connectivity index (χ4v) is 2.21. The van der Waals surface area contributed by atoms with Crippen molar-refractivity contribution in [2.75, 3.05) is 11.1 Å². The minimum absolute atomic E-state index is 0.329. The van der Waals surface area contributed by atoms with Gasteiger partial charge in [0.15, 0.2) is 5.13 Å². The number of fused-ring (bicyclic) bond motifs is 1. The van der Waals surface area contributed by atoms with E-state index >= 15 is 0 Å². The minimum Gasteiger partial charge on any atom is -0.399 e. The number of thiazole rings is 1. The molecule has 2 aromatic rings. The van der Waals surface area contributed by atoms with E-state index in [4.69, 9.17) is 5.73 Å². The van der Waals surface area contributed by atoms with E-state index in [-0.39, 0.29) is 5.13 Å². The van der Waals surface area contributed by atoms with Crippen molar-refractivity contribution in [2.24, 2.45) is 0 Å². The van der Waals surface area contributed by atoms with Gasteiger partial charge in [-0.2, -0.15) is 22.0 Å². The average Bonchev–Trinajstić information content (AvgIpc) is 2.68. The Bertz CT molecular complexity index is 666. The first-order valence-electron chi connectivity index (χ1n) is 5.03. The predicted octanol–water partition coefficient (Wildman–Crippen LogP) is 3.01. The molecule has 0 aliphatic rings. The highest BCUT2D eigenvalue weighted by Crippen LogP contribution is 2.37. The number of carbonyl (C=O) groups excluding carboxylic acids is 1. The number of nitrogens with two attached hydrogens (primary N) is 1. The summed E-state index contributed by atoms with van der Waals surface area (Å²) in [6.45, 7) is 0. The Kier molecular flexibility index (Phi) is 3.28. The van der Waals surface area contributed by atoms with Gasteiger partial charge in [0, 0.05) is 5.69 Å². The van der Waals surface area contributed by atoms with Crippen LogP contribution in [0.1, 0.15) is 0 Å². The third kappa shape index (κ3) is 2.50. The Labute approximate surface area is 112 Å². The van der Waals surface area contributed by atoms with E-state index in [2.05, 4.69) is 4.98 Å². The maximum atomic E-state index is 12.7. The summed E-state index contributed by atoms with van der Waals surface area (Å²) < 4.78 is 62.0. The molecule has 2 rings (SSSR count). The molecule has 1 aromatic carbocycles. The zero-order valence-electron chi connectivity index (χ0n) is 9.46. The molecule has 0 aliphatic heterocycles. The van der Waals surface area contributed by atoms with Crippen molar-refractivity contribution in [1.82, 2.24) is 4.98 Å². The lowest BCUT2D eigenvalue weighted by Gasteiger charge is -2.17. The number of anilines is 2. The first kappa shape index (κ1) is 14.4. The molecule has 0 fully saturated rings. The Balaban J connectivity index is 2.26. The highest BCUT2D eigenvalue weighted by atomic mass is 32.1. The van der Waals surface area contributed by atoms with Gasteiger partial charge in [-0.05, 0) is 18.2 Å². The van der Waals surface area contributed by atoms with Crippen LogP contribution in [0.3, 0.4) is 0 Å². The fourth-order valence-electron chi connectivity index (χ4n) is 1.30. The lowest BCUT2D eigenvalue weighted by atomic mass is 10.3. The van der Waals surface area contributed by atoms with E-state index in [1.54, 1.807) is 0 Å². The average molecular weight is 311 g/mol. The van der Waals surface area contributed by atoms with Crippen molar-refractivity contribution >= 4 is 38.3 Å². The summed E-state index contributed by atoms with van der Waals surface area (Å²) in [6, 6.07) is 4.40. The van der Waals surface area contributed by atoms with E-state index < -0.39 is 18.0 Å². The quantitative estimate of drug-likeness (QED) is 0.662. The van der Waals surface area contributed by atoms with E-state index in [1.165, 1.54) is 23.5 Å². The van der Waals surface area contributed by atoms with Gasteiger partial charge in [-0.25, -0.2) is 4.98 Å². The van der Waals surface area contributed by atoms with Gasteiger partial charge in [0.05, 0.1) is 10.2 Å². The lowest BCUT2D eigenvalue weighted by Crippen LogP contribution is -2.47. The Morgan fingerprint density at radius 3 is 2.50 bits per heavy atom. The summed E-state index contributed by atoms with van der Waals surface area (Å²) in [5.41, 5.74) is 6.19. The minimum atomic E-state index is -5.96. The van der Waals surface area contributed by atoms with Gasteiger partial charge in [-0.1, -0.05) is 11.3 Å². The second-order valence-electron chi connectivity index (χ2n) is 3.77. The molecule has 0 saturated heterocycles. The van der Waals surface area contributed by atoms with E-state index in [9.17, 15) is 26.7 Å². The van der Waals surface area contributed by atoms with Crippen LogP contribution in [0.2, 0.25) is 0 Å². The summed E-state index contributed by atoms with van der Waals surface area (Å²) in [5, 5.41) is 1.09. The Morgan fingerprint density at radius 2 is 1.90 bits per heavy atom. The summed E-state index contributed by atoms with van der Waals surface area (Å²) >= 11 is 0.743. The van der Waals surface area contributed by atoms with Crippen LogP contribution in [0.5, 0.6) is 0 Å². The molecule has 0 bridgehead atoms. The maximum absolute atomic E-state index is 12.7. The van der Waals surface area contributed by atoms with Crippen molar-refractivity contribution in [2.45, 2.75) is 12.1 Å². The molecule has 0 aliphatic carbocycles. The second-order valence-corrected chi connectivity index (χ2v) is 4.80. The van der Waals surface area contributed by atoms with E-state index in [0.29, 0.717) is 15.9 Å². The zero-order valence-corrected chi connectivity index (χ0v) is 10.3. The number of nitrogens with one attached hydrogen (secondary N) is 1. The van der Waals surface area contributed by atoms with E-state index in [0.717, 1.165) is 11.3 Å². The molecule has 108 valence electrons. The molecule has 3 N–H and O–H groups in total. The van der Waals surface area contributed by atoms with Gasteiger partial charge in [0.1, 0.15) is 0 Å². The molecule has 1 heterocycles. The molecule has 0 unspecified atom stereocenters. The van der Waals surface area contributed by atoms with Gasteiger partial charge in [-0.3, -0.25) is 10.1 Å². The third-order valence-corrected chi connectivity index (χ3v) is 3.21. The molecular weight excluding hydrogens is 305 g/mol. The molecule has 0 saturated carbocycles. The zero-order chi connectivity index (χ0) is 15.1. The van der Waals surface area contributed by atoms with Crippen molar-refractivity contribution < 1.29 is 26.7 Å². The molecule has 0 radical (unpaired) electrons. The number of aromatic nitrogens is 1. The molecular formula is C10H6F5N3OS. The highest BCUT2D eigenvalue weighted by Gasteiger charge is 2.63. The van der Waals surface area contributed by atoms with Crippen molar-refractivity contribution in [3.05, 3.63) is 18.2 Å². The number of amides is 1. The molecule has 10 heteroatoms. The van der Waals surface area contributed by atoms with Gasteiger partial charge >= 0.3 is 18.0 Å². The van der Waals surface area contributed by atoms with Gasteiger partial charge in [0.2, 0.25) is 0 Å². The normalized spacial score (nSPS) is 12.7. The number of nitrogen functional groups attached to an aromatic ring is 1. The van der Waals surface area contributed by atoms with Crippen LogP contribution in [0, 0.1) is 0 Å². The van der Waals surface area contributed by atoms with Crippen molar-refractivity contribution in [1.29, 1.82) is 0 Å². The number of halogens is 5. The van der Waals surface area contributed by atoms with Crippen molar-refractivity contribution in [3.63, 3.8) is 0 Å². The maximum Gasteiger partial charge on any atom is 0.463 e. The summed E-state index contributed by atoms with van der Waals surface area (Å²) in [7, 11) is 0. The number of carbonyl (C=O) groups is 1. The molecule has 4 nitrogen and oxygen atoms in total. The van der Waals surface area contributed by atoms with Gasteiger partial charge in [0.25, 0.3) is 0 Å². The predicted molar refractivity (Wildman–Crippen MR) is 63.7 cm³/mol. The molecule has 20 heavy (non-hydrogen) atoms. The van der Waals surface area contributed by atoms with Crippen LogP contribution in [0.15, 0.2) is 18.2 Å². The van der Waals surface area contributed by atoms with Crippen LogP contribution in [0.4, 0.5) is 32.8 Å². The lowest BCUT2D eigenvalue weighted by molar-refractivity contribution is -0.267. The monoisotopic (exact) mass is 311 g/mol. The molecule has 1 amide bonds. The Hall–Kier alpha value is -1.97. The topological polar surface area (TPSA) is 68.0 Å². The van der Waals surface area contributed by atoms with Crippen LogP contribution < -0.4 is 11.1 Å². The smallest absolute Gasteiger partial charge is 0.399 e. The summed E-state index contributed by atoms with van der Waals surface area (Å²) in [4.78, 5) is 14.7. The van der Waals surface area contributed by atoms with Crippen LogP contribution in [-0.2, 0) is 4.79 Å². The number of benzene rings is 1. The first-order valence-corrected chi connectivity index (χ1v) is 5.85. The van der Waals surface area contributed by atoms with E-state index in [1.807, 2.05) is 0 Å². The SMILES string of the molecule is Nc1ccc2nc(NC(=O)C(F)(F)C(F)(F)F)sc2c1. The van der Waals surface area contributed by atoms with Crippen molar-refractivity contribution in [3.8, 4) is 0 Å². The second kappa shape index (κ2) is 4.54. The van der Waals surface area contributed by atoms with Crippen LogP contribution >= 0.6 is 11.3 Å².